The Morgan fingerprint density at radius 2 is 2.07 bits per heavy atom. The third-order valence-corrected chi connectivity index (χ3v) is 5.51. The summed E-state index contributed by atoms with van der Waals surface area (Å²) in [6, 6.07) is 10.0. The van der Waals surface area contributed by atoms with Crippen LogP contribution in [0.2, 0.25) is 0 Å². The van der Waals surface area contributed by atoms with Crippen LogP contribution in [0.4, 0.5) is 10.1 Å². The number of aromatic nitrogens is 1. The second-order valence-electron chi connectivity index (χ2n) is 7.59. The molecule has 0 radical (unpaired) electrons. The number of hydrogen-bond donors (Lipinski definition) is 0. The van der Waals surface area contributed by atoms with Gasteiger partial charge in [0, 0.05) is 50.0 Å². The lowest BCUT2D eigenvalue weighted by Gasteiger charge is -2.41. The zero-order chi connectivity index (χ0) is 18.8. The molecule has 2 aromatic rings. The number of ether oxygens (including phenoxy) is 1. The number of halogens is 1. The van der Waals surface area contributed by atoms with Gasteiger partial charge in [0.15, 0.2) is 0 Å². The van der Waals surface area contributed by atoms with Crippen LogP contribution in [0.15, 0.2) is 30.5 Å². The molecule has 0 unspecified atom stereocenters. The van der Waals surface area contributed by atoms with E-state index in [1.165, 1.54) is 0 Å². The predicted octanol–water partition coefficient (Wildman–Crippen LogP) is 3.13. The lowest BCUT2D eigenvalue weighted by molar-refractivity contribution is -0.0368. The number of morpholine rings is 1. The molecule has 0 amide bonds. The highest BCUT2D eigenvalue weighted by molar-refractivity contribution is 5.95. The predicted molar refractivity (Wildman–Crippen MR) is 104 cm³/mol. The number of benzene rings is 1. The zero-order valence-corrected chi connectivity index (χ0v) is 15.6. The average Bonchev–Trinajstić information content (AvgIpc) is 2.68. The summed E-state index contributed by atoms with van der Waals surface area (Å²) in [5, 5.41) is 10.4. The molecule has 0 N–H and O–H groups in total. The van der Waals surface area contributed by atoms with Crippen molar-refractivity contribution in [3.8, 4) is 6.07 Å². The van der Waals surface area contributed by atoms with E-state index < -0.39 is 6.17 Å². The Morgan fingerprint density at radius 1 is 1.26 bits per heavy atom. The highest BCUT2D eigenvalue weighted by atomic mass is 19.1. The fourth-order valence-corrected chi connectivity index (χ4v) is 4.24. The van der Waals surface area contributed by atoms with Gasteiger partial charge in [-0.25, -0.2) is 4.39 Å². The van der Waals surface area contributed by atoms with Gasteiger partial charge in [-0.1, -0.05) is 0 Å². The minimum absolute atomic E-state index is 0.0901. The molecule has 0 bridgehead atoms. The van der Waals surface area contributed by atoms with E-state index in [0.717, 1.165) is 49.3 Å². The van der Waals surface area contributed by atoms with Crippen molar-refractivity contribution in [2.24, 2.45) is 0 Å². The lowest BCUT2D eigenvalue weighted by Crippen LogP contribution is -2.52. The lowest BCUT2D eigenvalue weighted by atomic mass is 10.1. The van der Waals surface area contributed by atoms with Gasteiger partial charge >= 0.3 is 0 Å². The molecule has 2 aliphatic heterocycles. The first-order chi connectivity index (χ1) is 13.1. The maximum atomic E-state index is 13.4. The Balaban J connectivity index is 1.55. The molecule has 0 aliphatic carbocycles. The normalized spacial score (nSPS) is 24.9. The van der Waals surface area contributed by atoms with Gasteiger partial charge in [0.2, 0.25) is 0 Å². The molecule has 6 heteroatoms. The van der Waals surface area contributed by atoms with Gasteiger partial charge in [-0.3, -0.25) is 4.98 Å². The molecule has 142 valence electrons. The number of fused-ring (bicyclic) bond motifs is 1. The van der Waals surface area contributed by atoms with Crippen LogP contribution in [-0.4, -0.2) is 61.0 Å². The van der Waals surface area contributed by atoms with Crippen molar-refractivity contribution in [2.75, 3.05) is 37.6 Å². The summed E-state index contributed by atoms with van der Waals surface area (Å²) in [5.41, 5.74) is 2.44. The monoisotopic (exact) mass is 368 g/mol. The van der Waals surface area contributed by atoms with Crippen LogP contribution in [-0.2, 0) is 4.74 Å². The summed E-state index contributed by atoms with van der Waals surface area (Å²) in [7, 11) is 0. The quantitative estimate of drug-likeness (QED) is 0.833. The number of nitriles is 1. The van der Waals surface area contributed by atoms with E-state index in [0.29, 0.717) is 18.4 Å². The Hall–Kier alpha value is -2.23. The fourth-order valence-electron chi connectivity index (χ4n) is 4.24. The van der Waals surface area contributed by atoms with Crippen LogP contribution >= 0.6 is 0 Å². The molecule has 3 heterocycles. The number of nitrogens with zero attached hydrogens (tertiary/aromatic N) is 4. The van der Waals surface area contributed by atoms with Gasteiger partial charge in [-0.15, -0.1) is 0 Å². The van der Waals surface area contributed by atoms with E-state index in [4.69, 9.17) is 4.74 Å². The number of anilines is 1. The van der Waals surface area contributed by atoms with Crippen LogP contribution < -0.4 is 4.90 Å². The molecule has 2 aliphatic rings. The van der Waals surface area contributed by atoms with Crippen LogP contribution in [0, 0.1) is 11.3 Å². The SMILES string of the molecule is C[C@@H]1CN(c2ccc(C#N)c3ncccc23)C[C@@H](CN2CCC(F)CC2)O1. The number of piperidine rings is 1. The standard InChI is InChI=1S/C21H25FN4O/c1-15-12-26(14-18(27-15)13-25-9-6-17(22)7-10-25)20-5-4-16(11-23)21-19(20)3-2-8-24-21/h2-5,8,15,17-18H,6-7,9-10,12-14H2,1H3/t15-,18-/m1/s1. The van der Waals surface area contributed by atoms with Crippen molar-refractivity contribution < 1.29 is 9.13 Å². The van der Waals surface area contributed by atoms with Crippen molar-refractivity contribution in [1.82, 2.24) is 9.88 Å². The molecule has 27 heavy (non-hydrogen) atoms. The molecular weight excluding hydrogens is 343 g/mol. The molecule has 0 saturated carbocycles. The Kier molecular flexibility index (Phi) is 5.24. The van der Waals surface area contributed by atoms with Crippen molar-refractivity contribution >= 4 is 16.6 Å². The summed E-state index contributed by atoms with van der Waals surface area (Å²) in [6.45, 7) is 6.13. The van der Waals surface area contributed by atoms with E-state index in [-0.39, 0.29) is 12.2 Å². The smallest absolute Gasteiger partial charge is 0.103 e. The van der Waals surface area contributed by atoms with E-state index in [2.05, 4.69) is 27.8 Å². The van der Waals surface area contributed by atoms with Gasteiger partial charge in [0.25, 0.3) is 0 Å². The van der Waals surface area contributed by atoms with Crippen LogP contribution in [0.1, 0.15) is 25.3 Å². The van der Waals surface area contributed by atoms with Crippen molar-refractivity contribution in [1.29, 1.82) is 5.26 Å². The number of hydrogen-bond acceptors (Lipinski definition) is 5. The molecule has 5 nitrogen and oxygen atoms in total. The van der Waals surface area contributed by atoms with Gasteiger partial charge < -0.3 is 14.5 Å². The summed E-state index contributed by atoms with van der Waals surface area (Å²) < 4.78 is 19.6. The molecule has 1 aromatic heterocycles. The maximum absolute atomic E-state index is 13.4. The van der Waals surface area contributed by atoms with Crippen LogP contribution in [0.25, 0.3) is 10.9 Å². The van der Waals surface area contributed by atoms with E-state index >= 15 is 0 Å². The molecular formula is C21H25FN4O. The minimum Gasteiger partial charge on any atom is -0.370 e. The molecule has 0 spiro atoms. The first kappa shape index (κ1) is 18.1. The third-order valence-electron chi connectivity index (χ3n) is 5.51. The Bertz CT molecular complexity index is 844. The molecule has 4 rings (SSSR count). The molecule has 2 saturated heterocycles. The van der Waals surface area contributed by atoms with Crippen molar-refractivity contribution in [2.45, 2.75) is 38.1 Å². The van der Waals surface area contributed by atoms with E-state index in [1.54, 1.807) is 6.20 Å². The molecule has 2 atom stereocenters. The first-order valence-electron chi connectivity index (χ1n) is 9.68. The first-order valence-corrected chi connectivity index (χ1v) is 9.68. The second kappa shape index (κ2) is 7.79. The Morgan fingerprint density at radius 3 is 2.85 bits per heavy atom. The maximum Gasteiger partial charge on any atom is 0.103 e. The van der Waals surface area contributed by atoms with Crippen LogP contribution in [0.5, 0.6) is 0 Å². The highest BCUT2D eigenvalue weighted by Crippen LogP contribution is 2.30. The minimum atomic E-state index is -0.651. The van der Waals surface area contributed by atoms with Gasteiger partial charge in [0.1, 0.15) is 12.2 Å². The van der Waals surface area contributed by atoms with Crippen molar-refractivity contribution in [3.63, 3.8) is 0 Å². The second-order valence-corrected chi connectivity index (χ2v) is 7.59. The topological polar surface area (TPSA) is 52.4 Å². The van der Waals surface area contributed by atoms with E-state index in [9.17, 15) is 9.65 Å². The third kappa shape index (κ3) is 3.90. The van der Waals surface area contributed by atoms with Crippen LogP contribution in [0.3, 0.4) is 0 Å². The van der Waals surface area contributed by atoms with Crippen molar-refractivity contribution in [3.05, 3.63) is 36.0 Å². The summed E-state index contributed by atoms with van der Waals surface area (Å²) in [5.74, 6) is 0. The molecule has 2 fully saturated rings. The number of likely N-dealkylation sites (tertiary alicyclic amines) is 1. The highest BCUT2D eigenvalue weighted by Gasteiger charge is 2.29. The molecule has 1 aromatic carbocycles. The summed E-state index contributed by atoms with van der Waals surface area (Å²) in [4.78, 5) is 9.08. The average molecular weight is 368 g/mol. The number of rotatable bonds is 3. The number of alkyl halides is 1. The fraction of sp³-hybridized carbons (Fsp3) is 0.524. The van der Waals surface area contributed by atoms with Gasteiger partial charge in [-0.2, -0.15) is 5.26 Å². The summed E-state index contributed by atoms with van der Waals surface area (Å²) >= 11 is 0. The Labute approximate surface area is 159 Å². The summed E-state index contributed by atoms with van der Waals surface area (Å²) in [6.07, 6.45) is 2.53. The van der Waals surface area contributed by atoms with Gasteiger partial charge in [0.05, 0.1) is 23.3 Å². The largest absolute Gasteiger partial charge is 0.370 e. The zero-order valence-electron chi connectivity index (χ0n) is 15.6. The van der Waals surface area contributed by atoms with E-state index in [1.807, 2.05) is 24.3 Å². The number of pyridine rings is 1. The van der Waals surface area contributed by atoms with Gasteiger partial charge in [-0.05, 0) is 44.0 Å².